The molecule has 138 valence electrons. The van der Waals surface area contributed by atoms with Gasteiger partial charge in [0.05, 0.1) is 17.9 Å². The van der Waals surface area contributed by atoms with Crippen LogP contribution in [0.1, 0.15) is 30.4 Å². The summed E-state index contributed by atoms with van der Waals surface area (Å²) in [5.41, 5.74) is 3.38. The highest BCUT2D eigenvalue weighted by atomic mass is 28.3. The number of aliphatic hydroxyl groups is 1. The third-order valence-corrected chi connectivity index (χ3v) is 6.92. The van der Waals surface area contributed by atoms with Crippen molar-refractivity contribution in [2.75, 3.05) is 0 Å². The van der Waals surface area contributed by atoms with E-state index in [2.05, 4.69) is 68.2 Å². The van der Waals surface area contributed by atoms with E-state index in [-0.39, 0.29) is 18.1 Å². The summed E-state index contributed by atoms with van der Waals surface area (Å²) in [4.78, 5) is 5.27. The molecule has 3 rings (SSSR count). The zero-order valence-electron chi connectivity index (χ0n) is 16.2. The van der Waals surface area contributed by atoms with Gasteiger partial charge >= 0.3 is 0 Å². The highest BCUT2D eigenvalue weighted by Crippen LogP contribution is 2.34. The Kier molecular flexibility index (Phi) is 6.10. The van der Waals surface area contributed by atoms with Crippen LogP contribution in [0, 0.1) is 5.92 Å². The zero-order valence-corrected chi connectivity index (χ0v) is 17.2. The number of aliphatic imine (C=N–C) groups is 1. The van der Waals surface area contributed by atoms with E-state index in [9.17, 15) is 5.11 Å². The van der Waals surface area contributed by atoms with Gasteiger partial charge in [-0.25, -0.2) is 0 Å². The van der Waals surface area contributed by atoms with Gasteiger partial charge in [-0.1, -0.05) is 86.3 Å². The molecule has 0 amide bonds. The maximum atomic E-state index is 10.7. The van der Waals surface area contributed by atoms with Crippen LogP contribution in [0.5, 0.6) is 0 Å². The van der Waals surface area contributed by atoms with Crippen molar-refractivity contribution >= 4 is 13.8 Å². The smallest absolute Gasteiger partial charge is 0.0722 e. The first-order valence-corrected chi connectivity index (χ1v) is 13.5. The van der Waals surface area contributed by atoms with Crippen LogP contribution in [0.2, 0.25) is 25.7 Å². The molecule has 0 heterocycles. The van der Waals surface area contributed by atoms with Crippen LogP contribution in [-0.2, 0) is 0 Å². The SMILES string of the molecule is C[Si](C)(C)C[C@@H]1[C@H](O)CCC[C@H]1N=C(c1ccccc1)c1ccccc1. The molecular weight excluding hydrogens is 334 g/mol. The molecule has 0 saturated heterocycles. The molecule has 0 radical (unpaired) electrons. The summed E-state index contributed by atoms with van der Waals surface area (Å²) in [5.74, 6) is 0.290. The third-order valence-electron chi connectivity index (χ3n) is 5.23. The molecule has 1 aliphatic rings. The molecule has 26 heavy (non-hydrogen) atoms. The number of nitrogens with zero attached hydrogens (tertiary/aromatic N) is 1. The van der Waals surface area contributed by atoms with E-state index >= 15 is 0 Å². The van der Waals surface area contributed by atoms with Gasteiger partial charge in [0.2, 0.25) is 0 Å². The van der Waals surface area contributed by atoms with E-state index in [1.807, 2.05) is 12.1 Å². The Morgan fingerprint density at radius 3 is 1.96 bits per heavy atom. The molecule has 1 fully saturated rings. The Morgan fingerprint density at radius 2 is 1.46 bits per heavy atom. The molecule has 0 aliphatic heterocycles. The minimum absolute atomic E-state index is 0.209. The van der Waals surface area contributed by atoms with Crippen molar-refractivity contribution in [3.05, 3.63) is 71.8 Å². The molecule has 1 saturated carbocycles. The molecule has 1 N–H and O–H groups in total. The first-order chi connectivity index (χ1) is 12.4. The number of hydrogen-bond acceptors (Lipinski definition) is 2. The fourth-order valence-corrected chi connectivity index (χ4v) is 5.99. The Hall–Kier alpha value is -1.71. The van der Waals surface area contributed by atoms with E-state index in [0.717, 1.165) is 42.1 Å². The molecule has 3 atom stereocenters. The van der Waals surface area contributed by atoms with E-state index in [0.29, 0.717) is 0 Å². The molecular formula is C23H31NOSi. The Bertz CT molecular complexity index is 679. The molecule has 0 bridgehead atoms. The van der Waals surface area contributed by atoms with Gasteiger partial charge in [0.1, 0.15) is 0 Å². The molecule has 3 heteroatoms. The van der Waals surface area contributed by atoms with Gasteiger partial charge in [-0.2, -0.15) is 0 Å². The van der Waals surface area contributed by atoms with Crippen molar-refractivity contribution in [2.24, 2.45) is 10.9 Å². The largest absolute Gasteiger partial charge is 0.393 e. The van der Waals surface area contributed by atoms with Gasteiger partial charge in [0, 0.05) is 25.1 Å². The lowest BCUT2D eigenvalue weighted by molar-refractivity contribution is 0.0670. The molecule has 2 nitrogen and oxygen atoms in total. The lowest BCUT2D eigenvalue weighted by atomic mass is 9.83. The van der Waals surface area contributed by atoms with Crippen molar-refractivity contribution in [3.8, 4) is 0 Å². The number of benzene rings is 2. The Morgan fingerprint density at radius 1 is 0.923 bits per heavy atom. The fourth-order valence-electron chi connectivity index (χ4n) is 4.03. The van der Waals surface area contributed by atoms with E-state index in [1.54, 1.807) is 0 Å². The van der Waals surface area contributed by atoms with Crippen LogP contribution < -0.4 is 0 Å². The molecule has 0 spiro atoms. The predicted molar refractivity (Wildman–Crippen MR) is 114 cm³/mol. The van der Waals surface area contributed by atoms with Crippen molar-refractivity contribution in [1.82, 2.24) is 0 Å². The summed E-state index contributed by atoms with van der Waals surface area (Å²) in [6, 6.07) is 22.3. The first kappa shape index (κ1) is 19.1. The molecule has 2 aromatic carbocycles. The average Bonchev–Trinajstić information content (AvgIpc) is 2.63. The molecule has 0 unspecified atom stereocenters. The Balaban J connectivity index is 2.00. The number of hydrogen-bond donors (Lipinski definition) is 1. The van der Waals surface area contributed by atoms with Crippen LogP contribution in [0.25, 0.3) is 0 Å². The third kappa shape index (κ3) is 4.92. The second kappa shape index (κ2) is 8.32. The summed E-state index contributed by atoms with van der Waals surface area (Å²) in [7, 11) is -1.27. The molecule has 1 aliphatic carbocycles. The van der Waals surface area contributed by atoms with E-state index < -0.39 is 8.07 Å². The van der Waals surface area contributed by atoms with Gasteiger partial charge in [-0.05, 0) is 19.3 Å². The van der Waals surface area contributed by atoms with Crippen LogP contribution in [0.3, 0.4) is 0 Å². The summed E-state index contributed by atoms with van der Waals surface area (Å²) in [6.45, 7) is 7.18. The van der Waals surface area contributed by atoms with Crippen molar-refractivity contribution in [2.45, 2.75) is 57.1 Å². The maximum Gasteiger partial charge on any atom is 0.0722 e. The van der Waals surface area contributed by atoms with Gasteiger partial charge in [0.15, 0.2) is 0 Å². The highest BCUT2D eigenvalue weighted by Gasteiger charge is 2.35. The van der Waals surface area contributed by atoms with E-state index in [4.69, 9.17) is 4.99 Å². The fraction of sp³-hybridized carbons (Fsp3) is 0.435. The summed E-state index contributed by atoms with van der Waals surface area (Å²) in [5, 5.41) is 10.7. The average molecular weight is 366 g/mol. The van der Waals surface area contributed by atoms with Gasteiger partial charge in [0.25, 0.3) is 0 Å². The summed E-state index contributed by atoms with van der Waals surface area (Å²) in [6.07, 6.45) is 2.86. The summed E-state index contributed by atoms with van der Waals surface area (Å²) < 4.78 is 0. The monoisotopic (exact) mass is 365 g/mol. The topological polar surface area (TPSA) is 32.6 Å². The number of rotatable bonds is 5. The predicted octanol–water partition coefficient (Wildman–Crippen LogP) is 5.39. The lowest BCUT2D eigenvalue weighted by Crippen LogP contribution is -2.40. The maximum absolute atomic E-state index is 10.7. The normalized spacial score (nSPS) is 23.5. The molecule has 0 aromatic heterocycles. The van der Waals surface area contributed by atoms with Crippen molar-refractivity contribution in [3.63, 3.8) is 0 Å². The standard InChI is InChI=1S/C23H31NOSi/c1-26(2,3)17-20-21(15-10-16-22(20)25)24-23(18-11-6-4-7-12-18)19-13-8-5-9-14-19/h4-9,11-14,20-22,25H,10,15-17H2,1-3H3/t20-,21+,22+/m0/s1. The van der Waals surface area contributed by atoms with Crippen molar-refractivity contribution in [1.29, 1.82) is 0 Å². The van der Waals surface area contributed by atoms with Crippen LogP contribution in [-0.4, -0.2) is 31.0 Å². The van der Waals surface area contributed by atoms with Gasteiger partial charge < -0.3 is 5.11 Å². The molecule has 2 aromatic rings. The van der Waals surface area contributed by atoms with Gasteiger partial charge in [-0.3, -0.25) is 4.99 Å². The van der Waals surface area contributed by atoms with Crippen molar-refractivity contribution < 1.29 is 5.11 Å². The Labute approximate surface area is 159 Å². The van der Waals surface area contributed by atoms with Crippen LogP contribution in [0.15, 0.2) is 65.7 Å². The minimum Gasteiger partial charge on any atom is -0.393 e. The minimum atomic E-state index is -1.27. The second-order valence-electron chi connectivity index (χ2n) is 8.70. The second-order valence-corrected chi connectivity index (χ2v) is 14.2. The highest BCUT2D eigenvalue weighted by molar-refractivity contribution is 6.76. The van der Waals surface area contributed by atoms with E-state index in [1.165, 1.54) is 0 Å². The van der Waals surface area contributed by atoms with Crippen LogP contribution in [0.4, 0.5) is 0 Å². The lowest BCUT2D eigenvalue weighted by Gasteiger charge is -2.37. The number of aliphatic hydroxyl groups excluding tert-OH is 1. The summed E-state index contributed by atoms with van der Waals surface area (Å²) >= 11 is 0. The van der Waals surface area contributed by atoms with Crippen LogP contribution >= 0.6 is 0 Å². The zero-order chi connectivity index (χ0) is 18.6. The quantitative estimate of drug-likeness (QED) is 0.559. The van der Waals surface area contributed by atoms with Gasteiger partial charge in [-0.15, -0.1) is 0 Å². The first-order valence-electron chi connectivity index (χ1n) is 9.81.